The van der Waals surface area contributed by atoms with Crippen LogP contribution in [-0.2, 0) is 6.42 Å². The van der Waals surface area contributed by atoms with Crippen molar-refractivity contribution in [3.05, 3.63) is 41.8 Å². The SMILES string of the molecule is C/C(=C/c1cccnc1)c1nc(CC2CCCCC2)no1. The fourth-order valence-electron chi connectivity index (χ4n) is 2.92. The van der Waals surface area contributed by atoms with Crippen molar-refractivity contribution >= 4 is 11.6 Å². The van der Waals surface area contributed by atoms with Crippen molar-refractivity contribution < 1.29 is 4.52 Å². The molecule has 0 amide bonds. The molecule has 0 bridgehead atoms. The molecule has 0 atom stereocenters. The predicted molar refractivity (Wildman–Crippen MR) is 82.4 cm³/mol. The van der Waals surface area contributed by atoms with E-state index in [1.807, 2.05) is 31.3 Å². The summed E-state index contributed by atoms with van der Waals surface area (Å²) in [5, 5.41) is 4.13. The fourth-order valence-corrected chi connectivity index (χ4v) is 2.92. The van der Waals surface area contributed by atoms with Crippen LogP contribution in [0.15, 0.2) is 29.0 Å². The van der Waals surface area contributed by atoms with Gasteiger partial charge in [0.1, 0.15) is 0 Å². The average Bonchev–Trinajstić information content (AvgIpc) is 2.98. The van der Waals surface area contributed by atoms with Crippen LogP contribution < -0.4 is 0 Å². The maximum atomic E-state index is 5.39. The minimum Gasteiger partial charge on any atom is -0.334 e. The number of hydrogen-bond acceptors (Lipinski definition) is 4. The highest BCUT2D eigenvalue weighted by Gasteiger charge is 2.17. The lowest BCUT2D eigenvalue weighted by Crippen LogP contribution is -2.10. The first-order valence-electron chi connectivity index (χ1n) is 7.72. The van der Waals surface area contributed by atoms with E-state index in [2.05, 4.69) is 15.1 Å². The molecule has 2 aromatic rings. The number of aromatic nitrogens is 3. The molecule has 0 aliphatic heterocycles. The Hall–Kier alpha value is -1.97. The van der Waals surface area contributed by atoms with E-state index in [-0.39, 0.29) is 0 Å². The number of hydrogen-bond donors (Lipinski definition) is 0. The van der Waals surface area contributed by atoms with Crippen LogP contribution in [0.25, 0.3) is 11.6 Å². The monoisotopic (exact) mass is 283 g/mol. The molecule has 1 aliphatic rings. The van der Waals surface area contributed by atoms with Gasteiger partial charge < -0.3 is 4.52 Å². The molecule has 1 aliphatic carbocycles. The molecule has 0 aromatic carbocycles. The minimum absolute atomic E-state index is 0.615. The summed E-state index contributed by atoms with van der Waals surface area (Å²) in [5.74, 6) is 2.19. The van der Waals surface area contributed by atoms with Gasteiger partial charge in [-0.3, -0.25) is 4.98 Å². The van der Waals surface area contributed by atoms with Crippen molar-refractivity contribution in [2.75, 3.05) is 0 Å². The van der Waals surface area contributed by atoms with Crippen molar-refractivity contribution in [2.24, 2.45) is 5.92 Å². The molecule has 4 nitrogen and oxygen atoms in total. The molecule has 1 saturated carbocycles. The van der Waals surface area contributed by atoms with E-state index in [0.717, 1.165) is 29.3 Å². The van der Waals surface area contributed by atoms with Crippen LogP contribution in [0.1, 0.15) is 56.3 Å². The molecule has 110 valence electrons. The van der Waals surface area contributed by atoms with Gasteiger partial charge in [-0.15, -0.1) is 0 Å². The maximum absolute atomic E-state index is 5.39. The second-order valence-corrected chi connectivity index (χ2v) is 5.84. The number of pyridine rings is 1. The maximum Gasteiger partial charge on any atom is 0.253 e. The lowest BCUT2D eigenvalue weighted by molar-refractivity contribution is 0.341. The standard InChI is InChI=1S/C17H21N3O/c1-13(10-15-8-5-9-18-12-15)17-19-16(20-21-17)11-14-6-3-2-4-7-14/h5,8-10,12,14H,2-4,6-7,11H2,1H3/b13-10-. The quantitative estimate of drug-likeness (QED) is 0.846. The highest BCUT2D eigenvalue weighted by atomic mass is 16.5. The predicted octanol–water partition coefficient (Wildman–Crippen LogP) is 4.15. The van der Waals surface area contributed by atoms with Crippen LogP contribution in [-0.4, -0.2) is 15.1 Å². The lowest BCUT2D eigenvalue weighted by Gasteiger charge is -2.19. The smallest absolute Gasteiger partial charge is 0.253 e. The highest BCUT2D eigenvalue weighted by molar-refractivity contribution is 5.76. The van der Waals surface area contributed by atoms with E-state index in [4.69, 9.17) is 4.52 Å². The van der Waals surface area contributed by atoms with E-state index in [0.29, 0.717) is 5.89 Å². The summed E-state index contributed by atoms with van der Waals surface area (Å²) in [7, 11) is 0. The molecular weight excluding hydrogens is 262 g/mol. The van der Waals surface area contributed by atoms with Crippen LogP contribution in [0.4, 0.5) is 0 Å². The first kappa shape index (κ1) is 14.0. The van der Waals surface area contributed by atoms with Gasteiger partial charge in [0.25, 0.3) is 5.89 Å². The van der Waals surface area contributed by atoms with Gasteiger partial charge in [-0.25, -0.2) is 0 Å². The number of nitrogens with zero attached hydrogens (tertiary/aromatic N) is 3. The first-order chi connectivity index (χ1) is 10.3. The normalized spacial score (nSPS) is 17.1. The molecular formula is C17H21N3O. The minimum atomic E-state index is 0.615. The Kier molecular flexibility index (Phi) is 4.43. The zero-order valence-electron chi connectivity index (χ0n) is 12.5. The molecule has 1 fully saturated rings. The van der Waals surface area contributed by atoms with Gasteiger partial charge in [0, 0.05) is 24.4 Å². The van der Waals surface area contributed by atoms with Gasteiger partial charge >= 0.3 is 0 Å². The molecule has 0 spiro atoms. The molecule has 3 rings (SSSR count). The van der Waals surface area contributed by atoms with E-state index in [1.54, 1.807) is 6.20 Å². The molecule has 0 unspecified atom stereocenters. The lowest BCUT2D eigenvalue weighted by atomic mass is 9.87. The van der Waals surface area contributed by atoms with Crippen LogP contribution in [0.2, 0.25) is 0 Å². The van der Waals surface area contributed by atoms with Gasteiger partial charge in [-0.2, -0.15) is 4.98 Å². The van der Waals surface area contributed by atoms with Crippen molar-refractivity contribution in [1.82, 2.24) is 15.1 Å². The van der Waals surface area contributed by atoms with E-state index >= 15 is 0 Å². The van der Waals surface area contributed by atoms with Crippen molar-refractivity contribution in [2.45, 2.75) is 45.4 Å². The summed E-state index contributed by atoms with van der Waals surface area (Å²) in [4.78, 5) is 8.64. The summed E-state index contributed by atoms with van der Waals surface area (Å²) < 4.78 is 5.39. The highest BCUT2D eigenvalue weighted by Crippen LogP contribution is 2.26. The van der Waals surface area contributed by atoms with E-state index < -0.39 is 0 Å². The van der Waals surface area contributed by atoms with Gasteiger partial charge in [-0.1, -0.05) is 43.3 Å². The van der Waals surface area contributed by atoms with Crippen LogP contribution >= 0.6 is 0 Å². The third-order valence-electron chi connectivity index (χ3n) is 4.07. The van der Waals surface area contributed by atoms with Crippen molar-refractivity contribution in [3.63, 3.8) is 0 Å². The van der Waals surface area contributed by atoms with E-state index in [9.17, 15) is 0 Å². The van der Waals surface area contributed by atoms with Crippen LogP contribution in [0, 0.1) is 5.92 Å². The zero-order chi connectivity index (χ0) is 14.5. The second-order valence-electron chi connectivity index (χ2n) is 5.84. The zero-order valence-corrected chi connectivity index (χ0v) is 12.5. The Morgan fingerprint density at radius 2 is 2.19 bits per heavy atom. The molecule has 21 heavy (non-hydrogen) atoms. The topological polar surface area (TPSA) is 51.8 Å². The summed E-state index contributed by atoms with van der Waals surface area (Å²) in [6.45, 7) is 1.99. The molecule has 2 aromatic heterocycles. The third-order valence-corrected chi connectivity index (χ3v) is 4.07. The number of allylic oxidation sites excluding steroid dienone is 1. The van der Waals surface area contributed by atoms with Crippen molar-refractivity contribution in [1.29, 1.82) is 0 Å². The Bertz CT molecular complexity index is 598. The van der Waals surface area contributed by atoms with Gasteiger partial charge in [0.2, 0.25) is 0 Å². The summed E-state index contributed by atoms with van der Waals surface area (Å²) >= 11 is 0. The Morgan fingerprint density at radius 1 is 1.33 bits per heavy atom. The largest absolute Gasteiger partial charge is 0.334 e. The Morgan fingerprint density at radius 3 is 2.95 bits per heavy atom. The van der Waals surface area contributed by atoms with Crippen LogP contribution in [0.5, 0.6) is 0 Å². The molecule has 0 N–H and O–H groups in total. The Balaban J connectivity index is 1.68. The second kappa shape index (κ2) is 6.66. The summed E-state index contributed by atoms with van der Waals surface area (Å²) in [5.41, 5.74) is 2.02. The van der Waals surface area contributed by atoms with Gasteiger partial charge in [-0.05, 0) is 30.5 Å². The van der Waals surface area contributed by atoms with Gasteiger partial charge in [0.15, 0.2) is 5.82 Å². The molecule has 0 saturated heterocycles. The Labute approximate surface area is 125 Å². The third kappa shape index (κ3) is 3.78. The van der Waals surface area contributed by atoms with Crippen molar-refractivity contribution in [3.8, 4) is 0 Å². The molecule has 0 radical (unpaired) electrons. The first-order valence-corrected chi connectivity index (χ1v) is 7.72. The number of rotatable bonds is 4. The average molecular weight is 283 g/mol. The van der Waals surface area contributed by atoms with Crippen LogP contribution in [0.3, 0.4) is 0 Å². The fraction of sp³-hybridized carbons (Fsp3) is 0.471. The molecule has 2 heterocycles. The molecule has 4 heteroatoms. The summed E-state index contributed by atoms with van der Waals surface area (Å²) in [6, 6.07) is 3.93. The van der Waals surface area contributed by atoms with Gasteiger partial charge in [0.05, 0.1) is 0 Å². The van der Waals surface area contributed by atoms with E-state index in [1.165, 1.54) is 32.1 Å². The summed E-state index contributed by atoms with van der Waals surface area (Å²) in [6.07, 6.45) is 13.2.